The summed E-state index contributed by atoms with van der Waals surface area (Å²) in [7, 11) is 0. The SMILES string of the molecule is N#Cc1c(-c2cn(-c3ccccc3)nc2-c2ccc(OCc3ccccc3)cc2)cc(-c2ccc(Cl)cc2)oc1=N. The van der Waals surface area contributed by atoms with E-state index in [0.29, 0.717) is 34.2 Å². The Morgan fingerprint density at radius 1 is 0.829 bits per heavy atom. The van der Waals surface area contributed by atoms with Crippen LogP contribution in [0.2, 0.25) is 5.02 Å². The summed E-state index contributed by atoms with van der Waals surface area (Å²) in [4.78, 5) is 0. The van der Waals surface area contributed by atoms with E-state index >= 15 is 0 Å². The summed E-state index contributed by atoms with van der Waals surface area (Å²) in [6.45, 7) is 0.465. The van der Waals surface area contributed by atoms with Crippen LogP contribution in [0.1, 0.15) is 11.1 Å². The molecule has 2 aromatic heterocycles. The Morgan fingerprint density at radius 2 is 1.49 bits per heavy atom. The number of aromatic nitrogens is 2. The van der Waals surface area contributed by atoms with Gasteiger partial charge >= 0.3 is 0 Å². The van der Waals surface area contributed by atoms with Crippen molar-refractivity contribution in [2.75, 3.05) is 0 Å². The zero-order valence-electron chi connectivity index (χ0n) is 21.8. The van der Waals surface area contributed by atoms with E-state index in [2.05, 4.69) is 6.07 Å². The molecule has 6 nitrogen and oxygen atoms in total. The second-order valence-corrected chi connectivity index (χ2v) is 9.75. The molecule has 0 saturated heterocycles. The zero-order chi connectivity index (χ0) is 28.2. The molecule has 0 atom stereocenters. The summed E-state index contributed by atoms with van der Waals surface area (Å²) in [6.07, 6.45) is 1.88. The number of nitrogens with zero attached hydrogens (tertiary/aromatic N) is 3. The van der Waals surface area contributed by atoms with Crippen LogP contribution in [0.5, 0.6) is 5.75 Å². The third-order valence-corrected chi connectivity index (χ3v) is 6.88. The highest BCUT2D eigenvalue weighted by Crippen LogP contribution is 2.36. The van der Waals surface area contributed by atoms with Gasteiger partial charge in [-0.15, -0.1) is 0 Å². The molecule has 0 unspecified atom stereocenters. The van der Waals surface area contributed by atoms with Gasteiger partial charge in [0, 0.05) is 33.5 Å². The predicted octanol–water partition coefficient (Wildman–Crippen LogP) is 8.05. The molecular weight excluding hydrogens is 532 g/mol. The number of nitriles is 1. The molecule has 6 rings (SSSR count). The van der Waals surface area contributed by atoms with E-state index in [1.807, 2.05) is 103 Å². The van der Waals surface area contributed by atoms with Crippen molar-refractivity contribution in [3.63, 3.8) is 0 Å². The fraction of sp³-hybridized carbons (Fsp3) is 0.0294. The first-order valence-electron chi connectivity index (χ1n) is 12.9. The molecule has 1 N–H and O–H groups in total. The largest absolute Gasteiger partial charge is 0.489 e. The van der Waals surface area contributed by atoms with Crippen molar-refractivity contribution in [3.05, 3.63) is 143 Å². The standard InChI is InChI=1S/C34H23ClN4O2/c35-26-15-11-24(12-16-26)32-19-29(30(20-36)34(37)41-32)31-21-39(27-9-5-2-6-10-27)38-33(31)25-13-17-28(18-14-25)40-22-23-7-3-1-4-8-23/h1-19,21,37H,22H2. The van der Waals surface area contributed by atoms with Gasteiger partial charge in [-0.1, -0.05) is 60.1 Å². The van der Waals surface area contributed by atoms with Crippen molar-refractivity contribution in [3.8, 4) is 51.2 Å². The number of rotatable bonds is 7. The lowest BCUT2D eigenvalue weighted by Crippen LogP contribution is -2.07. The number of benzene rings is 4. The molecule has 41 heavy (non-hydrogen) atoms. The first-order chi connectivity index (χ1) is 20.1. The highest BCUT2D eigenvalue weighted by molar-refractivity contribution is 6.30. The van der Waals surface area contributed by atoms with Crippen LogP contribution in [0.3, 0.4) is 0 Å². The molecule has 0 radical (unpaired) electrons. The van der Waals surface area contributed by atoms with Crippen molar-refractivity contribution in [1.82, 2.24) is 9.78 Å². The van der Waals surface area contributed by atoms with Gasteiger partial charge in [-0.25, -0.2) is 4.68 Å². The van der Waals surface area contributed by atoms with Crippen LogP contribution in [0.15, 0.2) is 126 Å². The molecule has 0 amide bonds. The molecule has 0 saturated carbocycles. The van der Waals surface area contributed by atoms with E-state index in [0.717, 1.165) is 28.1 Å². The van der Waals surface area contributed by atoms with Crippen molar-refractivity contribution in [2.45, 2.75) is 6.61 Å². The maximum Gasteiger partial charge on any atom is 0.230 e. The molecule has 2 heterocycles. The molecule has 198 valence electrons. The maximum absolute atomic E-state index is 10.0. The fourth-order valence-corrected chi connectivity index (χ4v) is 4.67. The fourth-order valence-electron chi connectivity index (χ4n) is 4.54. The van der Waals surface area contributed by atoms with Gasteiger partial charge in [-0.3, -0.25) is 5.41 Å². The third kappa shape index (κ3) is 5.53. The summed E-state index contributed by atoms with van der Waals surface area (Å²) in [6, 6.07) is 38.5. The molecule has 4 aromatic carbocycles. The van der Waals surface area contributed by atoms with Gasteiger partial charge in [-0.05, 0) is 72.3 Å². The van der Waals surface area contributed by atoms with Crippen molar-refractivity contribution in [2.24, 2.45) is 0 Å². The first kappa shape index (κ1) is 25.9. The Labute approximate surface area is 241 Å². The molecule has 0 aliphatic heterocycles. The quantitative estimate of drug-likeness (QED) is 0.216. The Kier molecular flexibility index (Phi) is 7.19. The molecule has 0 bridgehead atoms. The van der Waals surface area contributed by atoms with Gasteiger partial charge in [0.2, 0.25) is 5.55 Å². The van der Waals surface area contributed by atoms with Crippen molar-refractivity contribution >= 4 is 11.6 Å². The summed E-state index contributed by atoms with van der Waals surface area (Å²) >= 11 is 6.09. The zero-order valence-corrected chi connectivity index (χ0v) is 22.5. The molecule has 0 aliphatic carbocycles. The number of halogens is 1. The van der Waals surface area contributed by atoms with Gasteiger partial charge in [0.1, 0.15) is 35.4 Å². The highest BCUT2D eigenvalue weighted by atomic mass is 35.5. The van der Waals surface area contributed by atoms with Gasteiger partial charge in [-0.2, -0.15) is 10.4 Å². The lowest BCUT2D eigenvalue weighted by atomic mass is 9.97. The average Bonchev–Trinajstić information content (AvgIpc) is 3.47. The monoisotopic (exact) mass is 554 g/mol. The Balaban J connectivity index is 1.45. The van der Waals surface area contributed by atoms with E-state index in [1.54, 1.807) is 22.9 Å². The third-order valence-electron chi connectivity index (χ3n) is 6.63. The Bertz CT molecular complexity index is 1910. The summed E-state index contributed by atoms with van der Waals surface area (Å²) in [5.41, 5.74) is 5.34. The van der Waals surface area contributed by atoms with Crippen LogP contribution < -0.4 is 10.3 Å². The number of hydrogen-bond acceptors (Lipinski definition) is 5. The number of hydrogen-bond donors (Lipinski definition) is 1. The van der Waals surface area contributed by atoms with E-state index in [9.17, 15) is 5.26 Å². The Hall–Kier alpha value is -5.38. The normalized spacial score (nSPS) is 10.7. The highest BCUT2D eigenvalue weighted by Gasteiger charge is 2.20. The molecular formula is C34H23ClN4O2. The maximum atomic E-state index is 10.0. The van der Waals surface area contributed by atoms with E-state index in [-0.39, 0.29) is 11.1 Å². The summed E-state index contributed by atoms with van der Waals surface area (Å²) in [5, 5.41) is 24.1. The molecule has 7 heteroatoms. The average molecular weight is 555 g/mol. The Morgan fingerprint density at radius 3 is 2.17 bits per heavy atom. The number of para-hydroxylation sites is 1. The molecule has 0 fully saturated rings. The van der Waals surface area contributed by atoms with E-state index in [1.165, 1.54) is 0 Å². The van der Waals surface area contributed by atoms with Crippen LogP contribution in [0, 0.1) is 16.7 Å². The van der Waals surface area contributed by atoms with Gasteiger partial charge in [0.25, 0.3) is 0 Å². The smallest absolute Gasteiger partial charge is 0.230 e. The first-order valence-corrected chi connectivity index (χ1v) is 13.3. The molecule has 0 spiro atoms. The molecule has 6 aromatic rings. The van der Waals surface area contributed by atoms with Crippen molar-refractivity contribution < 1.29 is 9.15 Å². The minimum Gasteiger partial charge on any atom is -0.489 e. The minimum atomic E-state index is -0.224. The van der Waals surface area contributed by atoms with E-state index in [4.69, 9.17) is 31.3 Å². The number of ether oxygens (including phenoxy) is 1. The van der Waals surface area contributed by atoms with Crippen LogP contribution in [0.4, 0.5) is 0 Å². The lowest BCUT2D eigenvalue weighted by molar-refractivity contribution is 0.306. The van der Waals surface area contributed by atoms with Crippen LogP contribution >= 0.6 is 11.6 Å². The van der Waals surface area contributed by atoms with Gasteiger partial charge in [0.05, 0.1) is 5.69 Å². The van der Waals surface area contributed by atoms with Gasteiger partial charge < -0.3 is 9.15 Å². The summed E-state index contributed by atoms with van der Waals surface area (Å²) < 4.78 is 13.5. The second-order valence-electron chi connectivity index (χ2n) is 9.32. The second kappa shape index (κ2) is 11.4. The van der Waals surface area contributed by atoms with E-state index < -0.39 is 0 Å². The van der Waals surface area contributed by atoms with Crippen molar-refractivity contribution in [1.29, 1.82) is 10.7 Å². The summed E-state index contributed by atoms with van der Waals surface area (Å²) in [5.74, 6) is 1.18. The van der Waals surface area contributed by atoms with Crippen LogP contribution in [-0.2, 0) is 6.61 Å². The lowest BCUT2D eigenvalue weighted by Gasteiger charge is -2.09. The topological polar surface area (TPSA) is 87.8 Å². The minimum absolute atomic E-state index is 0.124. The molecule has 0 aliphatic rings. The predicted molar refractivity (Wildman–Crippen MR) is 158 cm³/mol. The van der Waals surface area contributed by atoms with Crippen LogP contribution in [0.25, 0.3) is 39.4 Å². The van der Waals surface area contributed by atoms with Gasteiger partial charge in [0.15, 0.2) is 0 Å². The number of nitrogens with one attached hydrogen (secondary N) is 1. The van der Waals surface area contributed by atoms with Crippen LogP contribution in [-0.4, -0.2) is 9.78 Å².